The van der Waals surface area contributed by atoms with Crippen molar-refractivity contribution >= 4 is 27.5 Å². The number of benzene rings is 3. The summed E-state index contributed by atoms with van der Waals surface area (Å²) in [7, 11) is -1.77. The fraction of sp³-hybridized carbons (Fsp3) is 0.333. The lowest BCUT2D eigenvalue weighted by Crippen LogP contribution is -2.53. The zero-order chi connectivity index (χ0) is 28.3. The molecule has 0 spiro atoms. The van der Waals surface area contributed by atoms with E-state index in [4.69, 9.17) is 9.47 Å². The molecule has 210 valence electrons. The Labute approximate surface area is 234 Å². The van der Waals surface area contributed by atoms with Crippen molar-refractivity contribution in [3.05, 3.63) is 83.9 Å². The summed E-state index contributed by atoms with van der Waals surface area (Å²) in [5.74, 6) is -0.0148. The van der Waals surface area contributed by atoms with Crippen LogP contribution in [0, 0.1) is 0 Å². The zero-order valence-electron chi connectivity index (χ0n) is 22.5. The molecule has 2 N–H and O–H groups in total. The minimum atomic E-state index is -3.49. The highest BCUT2D eigenvalue weighted by atomic mass is 32.2. The van der Waals surface area contributed by atoms with Crippen LogP contribution in [-0.2, 0) is 26.1 Å². The van der Waals surface area contributed by atoms with Gasteiger partial charge in [0.1, 0.15) is 18.5 Å². The minimum absolute atomic E-state index is 0.0944. The van der Waals surface area contributed by atoms with Crippen LogP contribution >= 0.6 is 0 Å². The van der Waals surface area contributed by atoms with Crippen molar-refractivity contribution < 1.29 is 27.5 Å². The normalized spacial score (nSPS) is 20.8. The first-order valence-corrected chi connectivity index (χ1v) is 15.1. The smallest absolute Gasteiger partial charge is 0.257 e. The number of amides is 2. The lowest BCUT2D eigenvalue weighted by Gasteiger charge is -2.42. The number of hydrogen-bond donors (Lipinski definition) is 2. The number of sulfonamides is 1. The van der Waals surface area contributed by atoms with Crippen molar-refractivity contribution in [3.8, 4) is 16.9 Å². The Morgan fingerprint density at radius 2 is 1.73 bits per heavy atom. The zero-order valence-corrected chi connectivity index (χ0v) is 23.3. The monoisotopic (exact) mass is 563 g/mol. The molecule has 2 aliphatic heterocycles. The molecule has 3 aromatic rings. The number of carbonyl (C=O) groups is 2. The number of ether oxygens (including phenoxy) is 2. The molecule has 0 bridgehead atoms. The summed E-state index contributed by atoms with van der Waals surface area (Å²) in [5, 5.41) is 2.99. The molecular formula is C30H33N3O6S. The van der Waals surface area contributed by atoms with Crippen molar-refractivity contribution in [3.63, 3.8) is 0 Å². The first-order valence-electron chi connectivity index (χ1n) is 13.2. The van der Waals surface area contributed by atoms with Gasteiger partial charge in [-0.3, -0.25) is 14.3 Å². The molecule has 40 heavy (non-hydrogen) atoms. The first kappa shape index (κ1) is 27.7. The third kappa shape index (κ3) is 6.63. The highest BCUT2D eigenvalue weighted by Crippen LogP contribution is 2.32. The summed E-state index contributed by atoms with van der Waals surface area (Å²) >= 11 is 0. The van der Waals surface area contributed by atoms with Crippen LogP contribution in [0.15, 0.2) is 72.8 Å². The maximum Gasteiger partial charge on any atom is 0.257 e. The second-order valence-electron chi connectivity index (χ2n) is 10.3. The Morgan fingerprint density at radius 3 is 2.45 bits per heavy atom. The van der Waals surface area contributed by atoms with Crippen LogP contribution in [0.2, 0.25) is 0 Å². The first-order chi connectivity index (χ1) is 19.2. The lowest BCUT2D eigenvalue weighted by atomic mass is 9.94. The molecule has 1 saturated heterocycles. The van der Waals surface area contributed by atoms with Crippen LogP contribution in [0.25, 0.3) is 11.1 Å². The SMILES string of the molecule is CN1C(=O)c2cc(NS(C)(=O)=O)ccc2OC[C@H]2O[C@@H](CC(=O)NCc3ccc(-c4ccccc4)cc3)CC[C@@H]21. The highest BCUT2D eigenvalue weighted by Gasteiger charge is 2.39. The van der Waals surface area contributed by atoms with Crippen LogP contribution in [-0.4, -0.2) is 63.3 Å². The summed E-state index contributed by atoms with van der Waals surface area (Å²) < 4.78 is 37.9. The van der Waals surface area contributed by atoms with Gasteiger partial charge in [0, 0.05) is 19.3 Å². The average molecular weight is 564 g/mol. The topological polar surface area (TPSA) is 114 Å². The van der Waals surface area contributed by atoms with Crippen molar-refractivity contribution in [2.45, 2.75) is 44.1 Å². The fourth-order valence-corrected chi connectivity index (χ4v) is 5.79. The quantitative estimate of drug-likeness (QED) is 0.452. The van der Waals surface area contributed by atoms with E-state index in [1.165, 1.54) is 6.07 Å². The molecule has 0 aromatic heterocycles. The van der Waals surface area contributed by atoms with Gasteiger partial charge < -0.3 is 19.7 Å². The highest BCUT2D eigenvalue weighted by molar-refractivity contribution is 7.92. The molecule has 10 heteroatoms. The summed E-state index contributed by atoms with van der Waals surface area (Å²) in [6.07, 6.45) is 1.88. The van der Waals surface area contributed by atoms with Gasteiger partial charge in [-0.05, 0) is 47.7 Å². The van der Waals surface area contributed by atoms with Crippen LogP contribution in [0.5, 0.6) is 5.75 Å². The van der Waals surface area contributed by atoms with Gasteiger partial charge in [-0.2, -0.15) is 0 Å². The van der Waals surface area contributed by atoms with E-state index in [0.717, 1.165) is 22.9 Å². The van der Waals surface area contributed by atoms with Gasteiger partial charge in [-0.25, -0.2) is 8.42 Å². The molecule has 2 heterocycles. The van der Waals surface area contributed by atoms with E-state index in [9.17, 15) is 18.0 Å². The maximum atomic E-state index is 13.3. The molecule has 2 aliphatic rings. The molecule has 5 rings (SSSR count). The molecular weight excluding hydrogens is 530 g/mol. The third-order valence-electron chi connectivity index (χ3n) is 7.28. The molecule has 0 radical (unpaired) electrons. The Morgan fingerprint density at radius 1 is 1.00 bits per heavy atom. The Hall–Kier alpha value is -3.89. The summed E-state index contributed by atoms with van der Waals surface area (Å²) in [4.78, 5) is 27.7. The fourth-order valence-electron chi connectivity index (χ4n) is 5.23. The number of carbonyl (C=O) groups excluding carboxylic acids is 2. The number of rotatable bonds is 7. The van der Waals surface area contributed by atoms with Gasteiger partial charge in [0.25, 0.3) is 5.91 Å². The molecule has 0 saturated carbocycles. The predicted octanol–water partition coefficient (Wildman–Crippen LogP) is 3.81. The van der Waals surface area contributed by atoms with E-state index >= 15 is 0 Å². The molecule has 1 fully saturated rings. The number of anilines is 1. The van der Waals surface area contributed by atoms with Crippen LogP contribution in [0.1, 0.15) is 35.2 Å². The molecule has 3 aromatic carbocycles. The summed E-state index contributed by atoms with van der Waals surface area (Å²) in [6.45, 7) is 0.639. The molecule has 3 atom stereocenters. The van der Waals surface area contributed by atoms with Gasteiger partial charge in [-0.1, -0.05) is 54.6 Å². The summed E-state index contributed by atoms with van der Waals surface area (Å²) in [5.41, 5.74) is 3.86. The Balaban J connectivity index is 1.17. The number of nitrogens with one attached hydrogen (secondary N) is 2. The largest absolute Gasteiger partial charge is 0.490 e. The van der Waals surface area contributed by atoms with E-state index in [0.29, 0.717) is 30.8 Å². The third-order valence-corrected chi connectivity index (χ3v) is 7.89. The van der Waals surface area contributed by atoms with Gasteiger partial charge in [0.15, 0.2) is 0 Å². The standard InChI is InChI=1S/C30H33N3O6S/c1-33-26-14-13-24(17-29(34)31-18-20-8-10-22(11-9-20)21-6-4-3-5-7-21)39-28(26)19-38-27-15-12-23(32-40(2,36)37)16-25(27)30(33)35/h3-12,15-16,24,26,28,32H,13-14,17-19H2,1-2H3,(H,31,34)/t24-,26+,28-/m1/s1. The number of fused-ring (bicyclic) bond motifs is 2. The molecule has 0 aliphatic carbocycles. The van der Waals surface area contributed by atoms with E-state index in [-0.39, 0.29) is 42.6 Å². The van der Waals surface area contributed by atoms with Crippen molar-refractivity contribution in [2.75, 3.05) is 24.6 Å². The number of nitrogens with zero attached hydrogens (tertiary/aromatic N) is 1. The second-order valence-corrected chi connectivity index (χ2v) is 12.0. The average Bonchev–Trinajstić information content (AvgIpc) is 2.94. The minimum Gasteiger partial charge on any atom is -0.490 e. The molecule has 0 unspecified atom stereocenters. The van der Waals surface area contributed by atoms with Crippen molar-refractivity contribution in [2.24, 2.45) is 0 Å². The number of likely N-dealkylation sites (N-methyl/N-ethyl adjacent to an activating group) is 1. The molecule has 2 amide bonds. The van der Waals surface area contributed by atoms with Crippen LogP contribution in [0.3, 0.4) is 0 Å². The number of hydrogen-bond acceptors (Lipinski definition) is 6. The van der Waals surface area contributed by atoms with E-state index in [2.05, 4.69) is 34.3 Å². The molecule has 9 nitrogen and oxygen atoms in total. The van der Waals surface area contributed by atoms with Gasteiger partial charge >= 0.3 is 0 Å². The van der Waals surface area contributed by atoms with Crippen molar-refractivity contribution in [1.29, 1.82) is 0 Å². The second kappa shape index (κ2) is 11.7. The predicted molar refractivity (Wildman–Crippen MR) is 153 cm³/mol. The van der Waals surface area contributed by atoms with E-state index in [1.54, 1.807) is 24.1 Å². The van der Waals surface area contributed by atoms with Crippen molar-refractivity contribution in [1.82, 2.24) is 10.2 Å². The lowest BCUT2D eigenvalue weighted by molar-refractivity contribution is -0.134. The van der Waals surface area contributed by atoms with Crippen LogP contribution < -0.4 is 14.8 Å². The van der Waals surface area contributed by atoms with Gasteiger partial charge in [0.05, 0.1) is 30.4 Å². The van der Waals surface area contributed by atoms with E-state index in [1.807, 2.05) is 30.3 Å². The Kier molecular flexibility index (Phi) is 8.09. The maximum absolute atomic E-state index is 13.3. The van der Waals surface area contributed by atoms with E-state index < -0.39 is 16.1 Å². The Bertz CT molecular complexity index is 1480. The summed E-state index contributed by atoms with van der Waals surface area (Å²) in [6, 6.07) is 22.7. The van der Waals surface area contributed by atoms with Gasteiger partial charge in [-0.15, -0.1) is 0 Å². The van der Waals surface area contributed by atoms with Gasteiger partial charge in [0.2, 0.25) is 15.9 Å². The van der Waals surface area contributed by atoms with Crippen LogP contribution in [0.4, 0.5) is 5.69 Å².